The van der Waals surface area contributed by atoms with Crippen molar-refractivity contribution in [2.24, 2.45) is 5.92 Å². The second-order valence-corrected chi connectivity index (χ2v) is 6.98. The second-order valence-electron chi connectivity index (χ2n) is 6.98. The van der Waals surface area contributed by atoms with Gasteiger partial charge in [0.15, 0.2) is 5.78 Å². The van der Waals surface area contributed by atoms with E-state index < -0.39 is 0 Å². The third kappa shape index (κ3) is 1.63. The molecule has 3 fully saturated rings. The molecule has 2 aromatic carbocycles. The third-order valence-electron chi connectivity index (χ3n) is 5.77. The number of piperidine rings is 3. The highest BCUT2D eigenvalue weighted by atomic mass is 16.5. The SMILES string of the molecule is O=C1C[C@@]2(CN3CCC2CC3)Oc2c1ccc1ccccc21. The number of benzene rings is 2. The van der Waals surface area contributed by atoms with Crippen LogP contribution in [0.5, 0.6) is 5.75 Å². The highest BCUT2D eigenvalue weighted by molar-refractivity contribution is 6.06. The topological polar surface area (TPSA) is 29.5 Å². The van der Waals surface area contributed by atoms with Crippen molar-refractivity contribution in [2.75, 3.05) is 19.6 Å². The van der Waals surface area contributed by atoms with Crippen LogP contribution in [0.3, 0.4) is 0 Å². The minimum Gasteiger partial charge on any atom is -0.484 e. The maximum atomic E-state index is 12.8. The molecule has 0 amide bonds. The molecular formula is C19H19NO2. The van der Waals surface area contributed by atoms with Crippen molar-refractivity contribution in [1.82, 2.24) is 4.90 Å². The lowest BCUT2D eigenvalue weighted by atomic mass is 9.71. The van der Waals surface area contributed by atoms with Crippen LogP contribution in [-0.2, 0) is 0 Å². The summed E-state index contributed by atoms with van der Waals surface area (Å²) in [4.78, 5) is 15.2. The van der Waals surface area contributed by atoms with E-state index in [2.05, 4.69) is 17.0 Å². The molecule has 0 saturated carbocycles. The predicted octanol–water partition coefficient (Wildman–Crippen LogP) is 3.27. The minimum atomic E-state index is -0.287. The minimum absolute atomic E-state index is 0.251. The maximum Gasteiger partial charge on any atom is 0.170 e. The maximum absolute atomic E-state index is 12.8. The molecule has 3 saturated heterocycles. The summed E-state index contributed by atoms with van der Waals surface area (Å²) in [7, 11) is 0. The molecule has 0 aromatic heterocycles. The summed E-state index contributed by atoms with van der Waals surface area (Å²) in [6, 6.07) is 12.2. The van der Waals surface area contributed by atoms with Crippen molar-refractivity contribution in [3.8, 4) is 5.75 Å². The summed E-state index contributed by atoms with van der Waals surface area (Å²) in [6.07, 6.45) is 2.86. The van der Waals surface area contributed by atoms with Gasteiger partial charge in [0.1, 0.15) is 11.4 Å². The first-order valence-corrected chi connectivity index (χ1v) is 8.21. The number of carbonyl (C=O) groups excluding carboxylic acids is 1. The molecule has 112 valence electrons. The highest BCUT2D eigenvalue weighted by Crippen LogP contribution is 2.47. The van der Waals surface area contributed by atoms with Gasteiger partial charge in [0.05, 0.1) is 12.0 Å². The average Bonchev–Trinajstić information content (AvgIpc) is 2.55. The van der Waals surface area contributed by atoms with Crippen LogP contribution in [0.25, 0.3) is 10.8 Å². The van der Waals surface area contributed by atoms with Gasteiger partial charge in [-0.05, 0) is 37.4 Å². The molecule has 0 aliphatic carbocycles. The van der Waals surface area contributed by atoms with Crippen LogP contribution in [0.15, 0.2) is 36.4 Å². The molecule has 22 heavy (non-hydrogen) atoms. The first-order valence-electron chi connectivity index (χ1n) is 8.21. The Morgan fingerprint density at radius 1 is 1.09 bits per heavy atom. The van der Waals surface area contributed by atoms with Gasteiger partial charge >= 0.3 is 0 Å². The van der Waals surface area contributed by atoms with E-state index in [1.54, 1.807) is 0 Å². The van der Waals surface area contributed by atoms with Gasteiger partial charge in [-0.25, -0.2) is 0 Å². The van der Waals surface area contributed by atoms with Gasteiger partial charge in [0.2, 0.25) is 0 Å². The lowest BCUT2D eigenvalue weighted by molar-refractivity contribution is -0.0951. The van der Waals surface area contributed by atoms with Crippen LogP contribution in [0.4, 0.5) is 0 Å². The molecule has 1 atom stereocenters. The largest absolute Gasteiger partial charge is 0.484 e. The molecule has 6 rings (SSSR count). The number of nitrogens with zero attached hydrogens (tertiary/aromatic N) is 1. The van der Waals surface area contributed by atoms with Crippen LogP contribution >= 0.6 is 0 Å². The number of carbonyl (C=O) groups is 1. The summed E-state index contributed by atoms with van der Waals surface area (Å²) in [5.74, 6) is 1.59. The predicted molar refractivity (Wildman–Crippen MR) is 85.4 cm³/mol. The Kier molecular flexibility index (Phi) is 2.49. The molecule has 2 bridgehead atoms. The van der Waals surface area contributed by atoms with E-state index in [1.807, 2.05) is 24.3 Å². The molecule has 2 aromatic rings. The number of ether oxygens (including phenoxy) is 1. The van der Waals surface area contributed by atoms with Gasteiger partial charge in [-0.1, -0.05) is 30.3 Å². The highest BCUT2D eigenvalue weighted by Gasteiger charge is 2.52. The normalized spacial score (nSPS) is 33.0. The number of Topliss-reactive ketones (excluding diaryl/α,β-unsaturated/α-hetero) is 1. The molecule has 0 radical (unpaired) electrons. The Morgan fingerprint density at radius 2 is 1.91 bits per heavy atom. The van der Waals surface area contributed by atoms with Crippen LogP contribution in [0.2, 0.25) is 0 Å². The monoisotopic (exact) mass is 293 g/mol. The molecule has 0 unspecified atom stereocenters. The van der Waals surface area contributed by atoms with E-state index in [-0.39, 0.29) is 11.4 Å². The Balaban J connectivity index is 1.68. The van der Waals surface area contributed by atoms with Crippen LogP contribution in [-0.4, -0.2) is 35.9 Å². The lowest BCUT2D eigenvalue weighted by Crippen LogP contribution is -2.63. The van der Waals surface area contributed by atoms with Gasteiger partial charge in [-0.15, -0.1) is 0 Å². The van der Waals surface area contributed by atoms with Crippen molar-refractivity contribution < 1.29 is 9.53 Å². The van der Waals surface area contributed by atoms with Crippen LogP contribution < -0.4 is 4.74 Å². The van der Waals surface area contributed by atoms with Gasteiger partial charge in [-0.3, -0.25) is 9.69 Å². The van der Waals surface area contributed by atoms with Gasteiger partial charge in [0.25, 0.3) is 0 Å². The first kappa shape index (κ1) is 12.7. The molecule has 3 heteroatoms. The van der Waals surface area contributed by atoms with E-state index in [4.69, 9.17) is 4.74 Å². The number of ketones is 1. The van der Waals surface area contributed by atoms with Gasteiger partial charge in [0, 0.05) is 17.8 Å². The summed E-state index contributed by atoms with van der Waals surface area (Å²) in [5, 5.41) is 2.22. The summed E-state index contributed by atoms with van der Waals surface area (Å²) >= 11 is 0. The summed E-state index contributed by atoms with van der Waals surface area (Å²) in [5.41, 5.74) is 0.478. The Morgan fingerprint density at radius 3 is 2.68 bits per heavy atom. The smallest absolute Gasteiger partial charge is 0.170 e. The molecule has 3 nitrogen and oxygen atoms in total. The lowest BCUT2D eigenvalue weighted by Gasteiger charge is -2.54. The summed E-state index contributed by atoms with van der Waals surface area (Å²) < 4.78 is 6.62. The Labute approximate surface area is 129 Å². The molecule has 1 spiro atoms. The Bertz CT molecular complexity index is 776. The Hall–Kier alpha value is -1.87. The van der Waals surface area contributed by atoms with E-state index in [0.717, 1.165) is 54.6 Å². The molecule has 4 aliphatic heterocycles. The van der Waals surface area contributed by atoms with Crippen molar-refractivity contribution in [1.29, 1.82) is 0 Å². The molecule has 4 aliphatic rings. The number of fused-ring (bicyclic) bond motifs is 5. The fourth-order valence-corrected chi connectivity index (χ4v) is 4.62. The van der Waals surface area contributed by atoms with Crippen molar-refractivity contribution in [3.05, 3.63) is 42.0 Å². The standard InChI is InChI=1S/C19H19NO2/c21-17-11-19(12-20-9-7-14(19)8-10-20)22-18-15-4-2-1-3-13(15)5-6-16(17)18/h1-6,14H,7-12H2/t19-/m0/s1. The fourth-order valence-electron chi connectivity index (χ4n) is 4.62. The summed E-state index contributed by atoms with van der Waals surface area (Å²) in [6.45, 7) is 3.23. The van der Waals surface area contributed by atoms with E-state index >= 15 is 0 Å². The third-order valence-corrected chi connectivity index (χ3v) is 5.77. The number of hydrogen-bond acceptors (Lipinski definition) is 3. The van der Waals surface area contributed by atoms with E-state index in [9.17, 15) is 4.79 Å². The number of hydrogen-bond donors (Lipinski definition) is 0. The average molecular weight is 293 g/mol. The van der Waals surface area contributed by atoms with E-state index in [0.29, 0.717) is 12.3 Å². The number of rotatable bonds is 0. The zero-order valence-electron chi connectivity index (χ0n) is 12.5. The van der Waals surface area contributed by atoms with Crippen LogP contribution in [0.1, 0.15) is 29.6 Å². The molecule has 0 N–H and O–H groups in total. The van der Waals surface area contributed by atoms with Crippen molar-refractivity contribution >= 4 is 16.6 Å². The molecular weight excluding hydrogens is 274 g/mol. The quantitative estimate of drug-likeness (QED) is 0.746. The van der Waals surface area contributed by atoms with Gasteiger partial charge in [-0.2, -0.15) is 0 Å². The van der Waals surface area contributed by atoms with Gasteiger partial charge < -0.3 is 4.74 Å². The second kappa shape index (κ2) is 4.32. The van der Waals surface area contributed by atoms with Crippen molar-refractivity contribution in [3.63, 3.8) is 0 Å². The fraction of sp³-hybridized carbons (Fsp3) is 0.421. The zero-order valence-corrected chi connectivity index (χ0v) is 12.5. The van der Waals surface area contributed by atoms with Crippen LogP contribution in [0, 0.1) is 5.92 Å². The molecule has 4 heterocycles. The first-order chi connectivity index (χ1) is 10.8. The van der Waals surface area contributed by atoms with E-state index in [1.165, 1.54) is 0 Å². The van der Waals surface area contributed by atoms with Crippen molar-refractivity contribution in [2.45, 2.75) is 24.9 Å². The zero-order chi connectivity index (χ0) is 14.7.